The van der Waals surface area contributed by atoms with Gasteiger partial charge in [0.2, 0.25) is 0 Å². The fraction of sp³-hybridized carbons (Fsp3) is 0.148. The third kappa shape index (κ3) is 3.91. The molecule has 0 saturated carbocycles. The maximum atomic E-state index is 13.6. The van der Waals surface area contributed by atoms with Gasteiger partial charge in [0.15, 0.2) is 0 Å². The molecule has 33 heavy (non-hydrogen) atoms. The number of hydrogen-bond donors (Lipinski definition) is 1. The number of rotatable bonds is 4. The number of nitrogens with one attached hydrogen (secondary N) is 1. The van der Waals surface area contributed by atoms with Gasteiger partial charge in [-0.15, -0.1) is 0 Å². The van der Waals surface area contributed by atoms with Crippen molar-refractivity contribution in [2.24, 2.45) is 11.8 Å². The first-order valence-electron chi connectivity index (χ1n) is 10.8. The summed E-state index contributed by atoms with van der Waals surface area (Å²) in [5, 5.41) is 0.928. The fourth-order valence-corrected chi connectivity index (χ4v) is 5.24. The van der Waals surface area contributed by atoms with E-state index >= 15 is 0 Å². The average Bonchev–Trinajstić information content (AvgIpc) is 3.10. The number of hydrazine groups is 1. The zero-order chi connectivity index (χ0) is 22.9. The molecular formula is C27H21BrN2O3. The summed E-state index contributed by atoms with van der Waals surface area (Å²) in [6.07, 6.45) is 4.05. The van der Waals surface area contributed by atoms with Crippen molar-refractivity contribution in [1.29, 1.82) is 0 Å². The standard InChI is InChI=1S/C27H21BrN2O3/c28-20-13-7-12-19(16-20)25(31)29-30-26(32)23-21(17-8-3-1-4-9-17)14-15-22(24(23)27(30)33)18-10-5-2-6-11-18/h1-16,21-24H,(H,29,31)/t21-,22-,23-,24+/m0/s1. The Morgan fingerprint density at radius 2 is 1.24 bits per heavy atom. The van der Waals surface area contributed by atoms with E-state index in [0.717, 1.165) is 20.6 Å². The molecule has 1 aliphatic heterocycles. The minimum atomic E-state index is -0.599. The van der Waals surface area contributed by atoms with Crippen LogP contribution in [0.2, 0.25) is 0 Å². The maximum Gasteiger partial charge on any atom is 0.270 e. The summed E-state index contributed by atoms with van der Waals surface area (Å²) >= 11 is 3.35. The summed E-state index contributed by atoms with van der Waals surface area (Å²) in [6, 6.07) is 26.2. The number of carbonyl (C=O) groups is 3. The Hall–Kier alpha value is -3.51. The number of allylic oxidation sites excluding steroid dienone is 2. The van der Waals surface area contributed by atoms with Crippen LogP contribution in [0.25, 0.3) is 0 Å². The van der Waals surface area contributed by atoms with Crippen molar-refractivity contribution in [3.05, 3.63) is 118 Å². The van der Waals surface area contributed by atoms with Crippen LogP contribution in [0.1, 0.15) is 33.3 Å². The Bertz CT molecular complexity index is 1170. The highest BCUT2D eigenvalue weighted by atomic mass is 79.9. The van der Waals surface area contributed by atoms with Crippen molar-refractivity contribution >= 4 is 33.7 Å². The lowest BCUT2D eigenvalue weighted by atomic mass is 9.68. The molecule has 0 bridgehead atoms. The molecule has 0 aromatic heterocycles. The van der Waals surface area contributed by atoms with Crippen LogP contribution in [0, 0.1) is 11.8 Å². The minimum absolute atomic E-state index is 0.250. The van der Waals surface area contributed by atoms with Gasteiger partial charge in [-0.25, -0.2) is 0 Å². The number of imide groups is 1. The molecule has 1 fully saturated rings. The molecule has 0 radical (unpaired) electrons. The van der Waals surface area contributed by atoms with Crippen LogP contribution in [0.4, 0.5) is 0 Å². The van der Waals surface area contributed by atoms with Crippen LogP contribution in [-0.2, 0) is 9.59 Å². The normalized spacial score (nSPS) is 24.0. The highest BCUT2D eigenvalue weighted by Gasteiger charge is 2.55. The van der Waals surface area contributed by atoms with Gasteiger partial charge in [-0.3, -0.25) is 19.8 Å². The summed E-state index contributed by atoms with van der Waals surface area (Å²) in [7, 11) is 0. The first-order chi connectivity index (χ1) is 16.0. The average molecular weight is 501 g/mol. The largest absolute Gasteiger partial charge is 0.272 e. The number of fused-ring (bicyclic) bond motifs is 1. The second-order valence-corrected chi connectivity index (χ2v) is 9.19. The van der Waals surface area contributed by atoms with Gasteiger partial charge in [0.1, 0.15) is 0 Å². The zero-order valence-corrected chi connectivity index (χ0v) is 19.2. The topological polar surface area (TPSA) is 66.5 Å². The lowest BCUT2D eigenvalue weighted by Gasteiger charge is -2.32. The van der Waals surface area contributed by atoms with Gasteiger partial charge in [0.25, 0.3) is 17.7 Å². The second-order valence-electron chi connectivity index (χ2n) is 8.27. The Labute approximate surface area is 200 Å². The fourth-order valence-electron chi connectivity index (χ4n) is 4.84. The van der Waals surface area contributed by atoms with E-state index in [0.29, 0.717) is 5.56 Å². The van der Waals surface area contributed by atoms with Gasteiger partial charge in [-0.2, -0.15) is 5.01 Å². The summed E-state index contributed by atoms with van der Waals surface area (Å²) < 4.78 is 0.736. The van der Waals surface area contributed by atoms with E-state index in [1.807, 2.05) is 72.8 Å². The quantitative estimate of drug-likeness (QED) is 0.412. The van der Waals surface area contributed by atoms with E-state index in [9.17, 15) is 14.4 Å². The second kappa shape index (κ2) is 8.79. The number of halogens is 1. The third-order valence-electron chi connectivity index (χ3n) is 6.37. The van der Waals surface area contributed by atoms with E-state index < -0.39 is 17.7 Å². The molecule has 5 rings (SSSR count). The summed E-state index contributed by atoms with van der Waals surface area (Å²) in [5.74, 6) is -2.96. The number of amides is 3. The molecule has 0 unspecified atom stereocenters. The molecule has 4 atom stereocenters. The monoisotopic (exact) mass is 500 g/mol. The maximum absolute atomic E-state index is 13.6. The van der Waals surface area contributed by atoms with Crippen molar-refractivity contribution in [1.82, 2.24) is 10.4 Å². The molecule has 164 valence electrons. The van der Waals surface area contributed by atoms with E-state index in [4.69, 9.17) is 0 Å². The van der Waals surface area contributed by atoms with Gasteiger partial charge in [-0.1, -0.05) is 94.8 Å². The van der Waals surface area contributed by atoms with E-state index in [1.165, 1.54) is 0 Å². The van der Waals surface area contributed by atoms with Gasteiger partial charge >= 0.3 is 0 Å². The van der Waals surface area contributed by atoms with Crippen molar-refractivity contribution in [2.75, 3.05) is 0 Å². The van der Waals surface area contributed by atoms with Gasteiger partial charge in [0.05, 0.1) is 11.8 Å². The third-order valence-corrected chi connectivity index (χ3v) is 6.86. The lowest BCUT2D eigenvalue weighted by Crippen LogP contribution is -2.46. The molecule has 1 saturated heterocycles. The lowest BCUT2D eigenvalue weighted by molar-refractivity contribution is -0.142. The van der Waals surface area contributed by atoms with Crippen molar-refractivity contribution < 1.29 is 14.4 Å². The summed E-state index contributed by atoms with van der Waals surface area (Å²) in [4.78, 5) is 40.0. The Kier molecular flexibility index (Phi) is 5.68. The molecule has 0 spiro atoms. The predicted octanol–water partition coefficient (Wildman–Crippen LogP) is 4.83. The summed E-state index contributed by atoms with van der Waals surface area (Å²) in [5.41, 5.74) is 4.87. The molecule has 1 heterocycles. The first kappa shape index (κ1) is 21.3. The van der Waals surface area contributed by atoms with Crippen LogP contribution in [0.15, 0.2) is 102 Å². The number of hydrogen-bond acceptors (Lipinski definition) is 3. The molecule has 3 amide bonds. The molecule has 1 aliphatic carbocycles. The smallest absolute Gasteiger partial charge is 0.270 e. The van der Waals surface area contributed by atoms with Crippen LogP contribution < -0.4 is 5.43 Å². The van der Waals surface area contributed by atoms with Crippen LogP contribution >= 0.6 is 15.9 Å². The first-order valence-corrected chi connectivity index (χ1v) is 11.6. The number of benzene rings is 3. The van der Waals surface area contributed by atoms with Crippen molar-refractivity contribution in [2.45, 2.75) is 11.8 Å². The molecule has 5 nitrogen and oxygen atoms in total. The SMILES string of the molecule is O=C(NN1C(=O)[C@@H]2[C@H](C1=O)[C@H](c1ccccc1)C=C[C@H]2c1ccccc1)c1cccc(Br)c1. The van der Waals surface area contributed by atoms with E-state index in [2.05, 4.69) is 21.4 Å². The van der Waals surface area contributed by atoms with E-state index in [-0.39, 0.29) is 23.7 Å². The van der Waals surface area contributed by atoms with Crippen LogP contribution in [0.5, 0.6) is 0 Å². The zero-order valence-electron chi connectivity index (χ0n) is 17.6. The predicted molar refractivity (Wildman–Crippen MR) is 128 cm³/mol. The van der Waals surface area contributed by atoms with Gasteiger partial charge in [0, 0.05) is 21.9 Å². The van der Waals surface area contributed by atoms with Crippen LogP contribution in [-0.4, -0.2) is 22.7 Å². The molecule has 2 aliphatic rings. The van der Waals surface area contributed by atoms with E-state index in [1.54, 1.807) is 24.3 Å². The molecule has 3 aromatic rings. The Morgan fingerprint density at radius 1 is 0.727 bits per heavy atom. The van der Waals surface area contributed by atoms with Gasteiger partial charge < -0.3 is 0 Å². The number of nitrogens with zero attached hydrogens (tertiary/aromatic N) is 1. The molecule has 1 N–H and O–H groups in total. The van der Waals surface area contributed by atoms with Crippen molar-refractivity contribution in [3.63, 3.8) is 0 Å². The number of carbonyl (C=O) groups excluding carboxylic acids is 3. The highest BCUT2D eigenvalue weighted by molar-refractivity contribution is 9.10. The molecule has 6 heteroatoms. The summed E-state index contributed by atoms with van der Waals surface area (Å²) in [6.45, 7) is 0. The van der Waals surface area contributed by atoms with Crippen molar-refractivity contribution in [3.8, 4) is 0 Å². The van der Waals surface area contributed by atoms with Gasteiger partial charge in [-0.05, 0) is 29.3 Å². The Balaban J connectivity index is 1.52. The Morgan fingerprint density at radius 3 is 1.73 bits per heavy atom. The van der Waals surface area contributed by atoms with Crippen LogP contribution in [0.3, 0.4) is 0 Å². The minimum Gasteiger partial charge on any atom is -0.272 e. The highest BCUT2D eigenvalue weighted by Crippen LogP contribution is 2.48. The molecular weight excluding hydrogens is 480 g/mol. The molecule has 3 aromatic carbocycles.